The highest BCUT2D eigenvalue weighted by atomic mass is 16.5. The predicted molar refractivity (Wildman–Crippen MR) is 290 cm³/mol. The number of carbonyl (C=O) groups excluding carboxylic acids is 4. The van der Waals surface area contributed by atoms with Crippen molar-refractivity contribution in [2.45, 2.75) is 174 Å². The van der Waals surface area contributed by atoms with Crippen LogP contribution in [0.25, 0.3) is 10.9 Å². The Morgan fingerprint density at radius 2 is 1.61 bits per heavy atom. The quantitative estimate of drug-likeness (QED) is 0.132. The van der Waals surface area contributed by atoms with Crippen molar-refractivity contribution in [3.05, 3.63) is 102 Å². The first-order valence-corrected chi connectivity index (χ1v) is 27.7. The number of fused-ring (bicyclic) bond motifs is 4. The number of hydrogen-bond acceptors (Lipinski definition) is 10. The number of amides is 1. The van der Waals surface area contributed by atoms with Crippen LogP contribution in [0.1, 0.15) is 131 Å². The zero-order valence-corrected chi connectivity index (χ0v) is 45.6. The molecule has 1 amide bonds. The molecule has 3 heterocycles. The van der Waals surface area contributed by atoms with Gasteiger partial charge in [0.15, 0.2) is 5.78 Å². The van der Waals surface area contributed by atoms with Crippen molar-refractivity contribution in [3.63, 3.8) is 0 Å². The van der Waals surface area contributed by atoms with Gasteiger partial charge in [0.05, 0.1) is 30.5 Å². The summed E-state index contributed by atoms with van der Waals surface area (Å²) in [5.74, 6) is -3.49. The zero-order valence-electron chi connectivity index (χ0n) is 45.6. The predicted octanol–water partition coefficient (Wildman–Crippen LogP) is 10.4. The van der Waals surface area contributed by atoms with E-state index in [0.29, 0.717) is 58.0 Å². The highest BCUT2D eigenvalue weighted by Gasteiger charge is 2.55. The third-order valence-corrected chi connectivity index (χ3v) is 17.4. The molecule has 2 saturated carbocycles. The molecule has 2 N–H and O–H groups in total. The Hall–Kier alpha value is -4.72. The highest BCUT2D eigenvalue weighted by Crippen LogP contribution is 2.44. The molecule has 2 bridgehead atoms. The maximum atomic E-state index is 15.0. The molecule has 0 spiro atoms. The minimum Gasteiger partial charge on any atom is -0.488 e. The van der Waals surface area contributed by atoms with E-state index in [2.05, 4.69) is 72.8 Å². The lowest BCUT2D eigenvalue weighted by Gasteiger charge is -2.47. The molecule has 1 saturated heterocycles. The summed E-state index contributed by atoms with van der Waals surface area (Å²) in [7, 11) is 3.26. The molecule has 2 aliphatic heterocycles. The maximum absolute atomic E-state index is 15.0. The van der Waals surface area contributed by atoms with Crippen LogP contribution in [0.2, 0.25) is 0 Å². The van der Waals surface area contributed by atoms with Crippen LogP contribution >= 0.6 is 0 Å². The van der Waals surface area contributed by atoms with Gasteiger partial charge in [-0.1, -0.05) is 80.5 Å². The monoisotopic (exact) mass is 1020 g/mol. The second-order valence-electron chi connectivity index (χ2n) is 22.7. The number of ether oxygens (including phenoxy) is 4. The normalized spacial score (nSPS) is 34.4. The third kappa shape index (κ3) is 13.4. The molecule has 12 nitrogen and oxygen atoms in total. The molecule has 3 fully saturated rings. The first-order valence-electron chi connectivity index (χ1n) is 27.7. The van der Waals surface area contributed by atoms with Crippen LogP contribution in [0.5, 0.6) is 5.75 Å². The SMILES string of the molecule is C=CCC1/C=C(\C)CC(C)CC(OC)C2CC(O)(C(=O)C(=O)N3CCCCC3C(=O)CC(C(C)=CC3CCC(Oc4ccc5c(ccn5Cc5ccccc5)c4)C(OCC)C3)C(C)C(O)CC1=O)C(C)CC2OC. The molecule has 7 rings (SSSR count). The topological polar surface area (TPSA) is 154 Å². The van der Waals surface area contributed by atoms with E-state index in [1.54, 1.807) is 27.2 Å². The summed E-state index contributed by atoms with van der Waals surface area (Å²) in [4.78, 5) is 59.9. The fraction of sp³-hybridized carbons (Fsp3) is 0.613. The minimum atomic E-state index is -1.98. The van der Waals surface area contributed by atoms with Crippen LogP contribution in [0.4, 0.5) is 0 Å². The van der Waals surface area contributed by atoms with Gasteiger partial charge in [0.2, 0.25) is 0 Å². The number of Topliss-reactive ketones (excluding diaryl/α,β-unsaturated/α-hetero) is 3. The van der Waals surface area contributed by atoms with Crippen molar-refractivity contribution in [3.8, 4) is 5.75 Å². The average Bonchev–Trinajstić information content (AvgIpc) is 3.78. The molecule has 74 heavy (non-hydrogen) atoms. The van der Waals surface area contributed by atoms with Crippen LogP contribution in [0.3, 0.4) is 0 Å². The molecule has 2 aromatic carbocycles. The maximum Gasteiger partial charge on any atom is 0.293 e. The lowest BCUT2D eigenvalue weighted by Crippen LogP contribution is -2.61. The number of benzene rings is 2. The summed E-state index contributed by atoms with van der Waals surface area (Å²) in [6.07, 6.45) is 11.9. The Balaban J connectivity index is 1.16. The van der Waals surface area contributed by atoms with Crippen molar-refractivity contribution in [1.29, 1.82) is 0 Å². The van der Waals surface area contributed by atoms with E-state index >= 15 is 0 Å². The third-order valence-electron chi connectivity index (χ3n) is 17.4. The van der Waals surface area contributed by atoms with Gasteiger partial charge < -0.3 is 38.6 Å². The van der Waals surface area contributed by atoms with Crippen LogP contribution in [0.15, 0.2) is 96.7 Å². The molecule has 404 valence electrons. The summed E-state index contributed by atoms with van der Waals surface area (Å²) >= 11 is 0. The standard InChI is InChI=1S/C62H86N2O10/c1-10-17-47-29-39(3)28-40(4)30-57(71-8)50-37-62(70,42(6)32-58(50)72-9)60(68)61(69)64-26-16-15-20-52(64)55(67)35-49(43(7)53(65)36-54(47)66)41(5)31-45-21-24-56(59(33-45)73-11-2)74-48-22-23-51-46(34-48)25-27-63(51)38-44-18-13-12-14-19-44/h10,12-14,18-19,22-23,25,27,29,31,34,40,42-43,45,47,49-50,52-53,56-59,65,70H,1,11,15-17,20-21,24,26,28,30,32-33,35-38H2,2-9H3/b39-29+,41-31?. The van der Waals surface area contributed by atoms with Gasteiger partial charge in [0.1, 0.15) is 23.2 Å². The lowest BCUT2D eigenvalue weighted by molar-refractivity contribution is -0.176. The molecule has 12 heteroatoms. The van der Waals surface area contributed by atoms with Crippen molar-refractivity contribution in [2.24, 2.45) is 41.4 Å². The number of hydrogen-bond donors (Lipinski definition) is 2. The first-order chi connectivity index (χ1) is 35.5. The largest absolute Gasteiger partial charge is 0.488 e. The molecule has 4 aliphatic rings. The molecule has 0 radical (unpaired) electrons. The summed E-state index contributed by atoms with van der Waals surface area (Å²) < 4.78 is 27.5. The lowest BCUT2D eigenvalue weighted by atomic mass is 9.65. The number of carbonyl (C=O) groups is 4. The molecule has 14 atom stereocenters. The number of allylic oxidation sites excluding steroid dienone is 5. The number of ketones is 3. The van der Waals surface area contributed by atoms with E-state index in [-0.39, 0.29) is 73.4 Å². The Morgan fingerprint density at radius 3 is 2.32 bits per heavy atom. The second kappa shape index (κ2) is 25.9. The summed E-state index contributed by atoms with van der Waals surface area (Å²) in [6.45, 7) is 17.3. The molecular weight excluding hydrogens is 933 g/mol. The highest BCUT2D eigenvalue weighted by molar-refractivity contribution is 6.39. The number of methoxy groups -OCH3 is 2. The first kappa shape index (κ1) is 57.0. The van der Waals surface area contributed by atoms with Gasteiger partial charge in [-0.05, 0) is 151 Å². The Morgan fingerprint density at radius 1 is 0.865 bits per heavy atom. The summed E-state index contributed by atoms with van der Waals surface area (Å²) in [6, 6.07) is 17.9. The fourth-order valence-corrected chi connectivity index (χ4v) is 13.1. The van der Waals surface area contributed by atoms with Gasteiger partial charge in [-0.3, -0.25) is 19.2 Å². The second-order valence-corrected chi connectivity index (χ2v) is 22.7. The average molecular weight is 1020 g/mol. The van der Waals surface area contributed by atoms with Gasteiger partial charge in [-0.2, -0.15) is 0 Å². The van der Waals surface area contributed by atoms with Crippen LogP contribution in [0, 0.1) is 41.4 Å². The Kier molecular flexibility index (Phi) is 19.9. The molecule has 1 aromatic heterocycles. The summed E-state index contributed by atoms with van der Waals surface area (Å²) in [5, 5.41) is 25.7. The Labute approximate surface area is 440 Å². The number of nitrogens with zero attached hydrogens (tertiary/aromatic N) is 2. The summed E-state index contributed by atoms with van der Waals surface area (Å²) in [5.41, 5.74) is 2.34. The van der Waals surface area contributed by atoms with Gasteiger partial charge in [-0.15, -0.1) is 6.58 Å². The van der Waals surface area contributed by atoms with Gasteiger partial charge in [-0.25, -0.2) is 0 Å². The molecule has 2 aliphatic carbocycles. The Bertz CT molecular complexity index is 2460. The number of aromatic nitrogens is 1. The molecule has 14 unspecified atom stereocenters. The van der Waals surface area contributed by atoms with E-state index in [0.717, 1.165) is 47.2 Å². The van der Waals surface area contributed by atoms with E-state index < -0.39 is 59.2 Å². The van der Waals surface area contributed by atoms with E-state index in [1.807, 2.05) is 45.9 Å². The van der Waals surface area contributed by atoms with Crippen molar-refractivity contribution < 1.29 is 48.3 Å². The van der Waals surface area contributed by atoms with Crippen molar-refractivity contribution in [1.82, 2.24) is 9.47 Å². The molecule has 3 aromatic rings. The fourth-order valence-electron chi connectivity index (χ4n) is 13.1. The zero-order chi connectivity index (χ0) is 53.3. The number of rotatable bonds is 12. The van der Waals surface area contributed by atoms with E-state index in [4.69, 9.17) is 18.9 Å². The number of aliphatic hydroxyl groups excluding tert-OH is 1. The van der Waals surface area contributed by atoms with E-state index in [1.165, 1.54) is 10.5 Å². The van der Waals surface area contributed by atoms with Crippen LogP contribution in [-0.4, -0.2) is 112 Å². The van der Waals surface area contributed by atoms with E-state index in [9.17, 15) is 29.4 Å². The van der Waals surface area contributed by atoms with Gasteiger partial charge in [0, 0.05) is 75.7 Å². The van der Waals surface area contributed by atoms with Crippen molar-refractivity contribution in [2.75, 3.05) is 27.4 Å². The number of aliphatic hydroxyl groups is 2. The number of piperidine rings is 1. The smallest absolute Gasteiger partial charge is 0.293 e. The van der Waals surface area contributed by atoms with Crippen molar-refractivity contribution >= 4 is 34.2 Å². The van der Waals surface area contributed by atoms with Gasteiger partial charge >= 0.3 is 0 Å². The molecular formula is C62H86N2O10. The minimum absolute atomic E-state index is 0.00104. The van der Waals surface area contributed by atoms with Crippen LogP contribution < -0.4 is 4.74 Å². The van der Waals surface area contributed by atoms with Crippen LogP contribution in [-0.2, 0) is 39.9 Å². The van der Waals surface area contributed by atoms with Gasteiger partial charge in [0.25, 0.3) is 11.7 Å².